The third kappa shape index (κ3) is 1.78. The molecule has 0 amide bonds. The number of rotatable bonds is 1. The molecule has 4 nitrogen and oxygen atoms in total. The molecule has 90 valence electrons. The van der Waals surface area contributed by atoms with E-state index in [2.05, 4.69) is 34.3 Å². The lowest BCUT2D eigenvalue weighted by atomic mass is 10.1. The van der Waals surface area contributed by atoms with Gasteiger partial charge in [0.2, 0.25) is 0 Å². The lowest BCUT2D eigenvalue weighted by Crippen LogP contribution is -2.39. The molecule has 0 saturated carbocycles. The maximum Gasteiger partial charge on any atom is 0.158 e. The van der Waals surface area contributed by atoms with Crippen molar-refractivity contribution in [2.45, 2.75) is 18.9 Å². The molecular formula is C13H18N4. The van der Waals surface area contributed by atoms with Gasteiger partial charge in [-0.1, -0.05) is 12.1 Å². The Labute approximate surface area is 101 Å². The van der Waals surface area contributed by atoms with Crippen LogP contribution >= 0.6 is 0 Å². The van der Waals surface area contributed by atoms with Crippen LogP contribution in [-0.2, 0) is 7.05 Å². The highest BCUT2D eigenvalue weighted by atomic mass is 15.3. The second-order valence-electron chi connectivity index (χ2n) is 4.79. The average Bonchev–Trinajstić information content (AvgIpc) is 2.69. The topological polar surface area (TPSA) is 47.1 Å². The summed E-state index contributed by atoms with van der Waals surface area (Å²) in [6.07, 6.45) is 2.12. The Morgan fingerprint density at radius 2 is 1.94 bits per heavy atom. The predicted molar refractivity (Wildman–Crippen MR) is 70.1 cm³/mol. The normalized spacial score (nSPS) is 17.9. The molecule has 2 aromatic rings. The minimum atomic E-state index is 0.362. The van der Waals surface area contributed by atoms with Gasteiger partial charge in [0.25, 0.3) is 0 Å². The fraction of sp³-hybridized carbons (Fsp3) is 0.462. The largest absolute Gasteiger partial charge is 0.355 e. The van der Waals surface area contributed by atoms with E-state index in [-0.39, 0.29) is 0 Å². The predicted octanol–water partition coefficient (Wildman–Crippen LogP) is 1.50. The second kappa shape index (κ2) is 4.04. The lowest BCUT2D eigenvalue weighted by Gasteiger charge is -2.30. The van der Waals surface area contributed by atoms with Gasteiger partial charge in [0.1, 0.15) is 0 Å². The van der Waals surface area contributed by atoms with Crippen LogP contribution in [0, 0.1) is 0 Å². The summed E-state index contributed by atoms with van der Waals surface area (Å²) < 4.78 is 1.96. The Morgan fingerprint density at radius 1 is 1.24 bits per heavy atom. The molecule has 0 aliphatic carbocycles. The van der Waals surface area contributed by atoms with Crippen LogP contribution in [0.15, 0.2) is 24.3 Å². The molecule has 4 heteroatoms. The molecule has 1 fully saturated rings. The summed E-state index contributed by atoms with van der Waals surface area (Å²) in [7, 11) is 2.00. The first-order chi connectivity index (χ1) is 8.25. The van der Waals surface area contributed by atoms with Crippen molar-refractivity contribution in [3.8, 4) is 0 Å². The number of hydrogen-bond donors (Lipinski definition) is 1. The van der Waals surface area contributed by atoms with Gasteiger partial charge in [-0.15, -0.1) is 0 Å². The van der Waals surface area contributed by atoms with Crippen molar-refractivity contribution in [3.05, 3.63) is 24.3 Å². The molecule has 1 aromatic carbocycles. The number of piperidine rings is 1. The van der Waals surface area contributed by atoms with Crippen molar-refractivity contribution >= 4 is 16.7 Å². The number of fused-ring (bicyclic) bond motifs is 1. The molecule has 3 rings (SSSR count). The van der Waals surface area contributed by atoms with Crippen LogP contribution in [0.25, 0.3) is 10.9 Å². The molecule has 1 saturated heterocycles. The van der Waals surface area contributed by atoms with Crippen LogP contribution in [0.2, 0.25) is 0 Å². The number of hydrogen-bond acceptors (Lipinski definition) is 3. The van der Waals surface area contributed by atoms with Crippen molar-refractivity contribution < 1.29 is 0 Å². The Balaban J connectivity index is 2.00. The summed E-state index contributed by atoms with van der Waals surface area (Å²) in [5, 5.41) is 5.88. The molecule has 17 heavy (non-hydrogen) atoms. The quantitative estimate of drug-likeness (QED) is 0.807. The van der Waals surface area contributed by atoms with Crippen LogP contribution in [0.5, 0.6) is 0 Å². The Morgan fingerprint density at radius 3 is 2.71 bits per heavy atom. The van der Waals surface area contributed by atoms with E-state index in [0.29, 0.717) is 6.04 Å². The minimum Gasteiger partial charge on any atom is -0.355 e. The monoisotopic (exact) mass is 230 g/mol. The van der Waals surface area contributed by atoms with E-state index in [0.717, 1.165) is 31.7 Å². The van der Waals surface area contributed by atoms with Gasteiger partial charge >= 0.3 is 0 Å². The highest BCUT2D eigenvalue weighted by Crippen LogP contribution is 2.27. The van der Waals surface area contributed by atoms with Gasteiger partial charge in [0.05, 0.1) is 5.52 Å². The first kappa shape index (κ1) is 10.6. The summed E-state index contributed by atoms with van der Waals surface area (Å²) in [5.74, 6) is 1.11. The Hall–Kier alpha value is -1.55. The molecule has 0 unspecified atom stereocenters. The number of para-hydroxylation sites is 1. The van der Waals surface area contributed by atoms with Crippen molar-refractivity contribution in [2.75, 3.05) is 18.0 Å². The van der Waals surface area contributed by atoms with Gasteiger partial charge < -0.3 is 10.6 Å². The Bertz CT molecular complexity index is 523. The van der Waals surface area contributed by atoms with Gasteiger partial charge in [0, 0.05) is 31.6 Å². The molecule has 2 heterocycles. The SMILES string of the molecule is Cn1nc(N2CCC(N)CC2)c2ccccc21. The molecule has 0 atom stereocenters. The molecule has 2 N–H and O–H groups in total. The van der Waals surface area contributed by atoms with E-state index in [9.17, 15) is 0 Å². The van der Waals surface area contributed by atoms with E-state index in [4.69, 9.17) is 5.73 Å². The summed E-state index contributed by atoms with van der Waals surface area (Å²) >= 11 is 0. The molecule has 0 radical (unpaired) electrons. The second-order valence-corrected chi connectivity index (χ2v) is 4.79. The van der Waals surface area contributed by atoms with Crippen LogP contribution < -0.4 is 10.6 Å². The summed E-state index contributed by atoms with van der Waals surface area (Å²) in [5.41, 5.74) is 7.13. The highest BCUT2D eigenvalue weighted by molar-refractivity contribution is 5.90. The summed E-state index contributed by atoms with van der Waals surface area (Å²) in [6, 6.07) is 8.75. The molecule has 1 aromatic heterocycles. The maximum atomic E-state index is 5.94. The number of aromatic nitrogens is 2. The summed E-state index contributed by atoms with van der Waals surface area (Å²) in [6.45, 7) is 2.03. The van der Waals surface area contributed by atoms with Crippen molar-refractivity contribution in [1.29, 1.82) is 0 Å². The van der Waals surface area contributed by atoms with Gasteiger partial charge in [-0.25, -0.2) is 0 Å². The van der Waals surface area contributed by atoms with E-state index in [1.165, 1.54) is 10.9 Å². The van der Waals surface area contributed by atoms with Crippen molar-refractivity contribution in [1.82, 2.24) is 9.78 Å². The molecule has 1 aliphatic heterocycles. The smallest absolute Gasteiger partial charge is 0.158 e. The average molecular weight is 230 g/mol. The molecule has 0 bridgehead atoms. The van der Waals surface area contributed by atoms with Crippen LogP contribution in [0.1, 0.15) is 12.8 Å². The van der Waals surface area contributed by atoms with E-state index in [1.54, 1.807) is 0 Å². The van der Waals surface area contributed by atoms with E-state index < -0.39 is 0 Å². The maximum absolute atomic E-state index is 5.94. The third-order valence-corrected chi connectivity index (χ3v) is 3.58. The van der Waals surface area contributed by atoms with Crippen LogP contribution in [0.4, 0.5) is 5.82 Å². The van der Waals surface area contributed by atoms with Crippen molar-refractivity contribution in [3.63, 3.8) is 0 Å². The van der Waals surface area contributed by atoms with E-state index in [1.807, 2.05) is 11.7 Å². The third-order valence-electron chi connectivity index (χ3n) is 3.58. The lowest BCUT2D eigenvalue weighted by molar-refractivity contribution is 0.498. The van der Waals surface area contributed by atoms with Gasteiger partial charge in [-0.3, -0.25) is 4.68 Å². The minimum absolute atomic E-state index is 0.362. The zero-order valence-corrected chi connectivity index (χ0v) is 10.1. The fourth-order valence-corrected chi connectivity index (χ4v) is 2.54. The van der Waals surface area contributed by atoms with Gasteiger partial charge in [0.15, 0.2) is 5.82 Å². The highest BCUT2D eigenvalue weighted by Gasteiger charge is 2.20. The number of anilines is 1. The molecular weight excluding hydrogens is 212 g/mol. The number of aryl methyl sites for hydroxylation is 1. The van der Waals surface area contributed by atoms with Crippen LogP contribution in [0.3, 0.4) is 0 Å². The van der Waals surface area contributed by atoms with Crippen LogP contribution in [-0.4, -0.2) is 28.9 Å². The number of benzene rings is 1. The van der Waals surface area contributed by atoms with Crippen molar-refractivity contribution in [2.24, 2.45) is 12.8 Å². The standard InChI is InChI=1S/C13H18N4/c1-16-12-5-3-2-4-11(12)13(15-16)17-8-6-10(14)7-9-17/h2-5,10H,6-9,14H2,1H3. The van der Waals surface area contributed by atoms with Gasteiger partial charge in [-0.2, -0.15) is 5.10 Å². The Kier molecular flexibility index (Phi) is 2.52. The fourth-order valence-electron chi connectivity index (χ4n) is 2.54. The first-order valence-electron chi connectivity index (χ1n) is 6.18. The first-order valence-corrected chi connectivity index (χ1v) is 6.18. The molecule has 1 aliphatic rings. The number of nitrogens with two attached hydrogens (primary N) is 1. The molecule has 0 spiro atoms. The zero-order valence-electron chi connectivity index (χ0n) is 10.1. The van der Waals surface area contributed by atoms with E-state index >= 15 is 0 Å². The van der Waals surface area contributed by atoms with Gasteiger partial charge in [-0.05, 0) is 25.0 Å². The number of nitrogens with zero attached hydrogens (tertiary/aromatic N) is 3. The zero-order chi connectivity index (χ0) is 11.8. The summed E-state index contributed by atoms with van der Waals surface area (Å²) in [4.78, 5) is 2.35.